The van der Waals surface area contributed by atoms with Crippen molar-refractivity contribution in [3.05, 3.63) is 78.4 Å². The third kappa shape index (κ3) is 4.10. The van der Waals surface area contributed by atoms with Crippen molar-refractivity contribution in [3.8, 4) is 0 Å². The minimum absolute atomic E-state index is 0.171. The van der Waals surface area contributed by atoms with Gasteiger partial charge in [-0.3, -0.25) is 9.59 Å². The maximum absolute atomic E-state index is 12.7. The van der Waals surface area contributed by atoms with Gasteiger partial charge in [0.1, 0.15) is 0 Å². The number of fused-ring (bicyclic) bond motifs is 3. The molecule has 0 unspecified atom stereocenters. The summed E-state index contributed by atoms with van der Waals surface area (Å²) in [6, 6.07) is 24.3. The van der Waals surface area contributed by atoms with Crippen LogP contribution in [-0.2, 0) is 20.7 Å². The largest absolute Gasteiger partial charge is 0.455 e. The summed E-state index contributed by atoms with van der Waals surface area (Å²) >= 11 is 1.74. The molecule has 3 aromatic carbocycles. The molecule has 0 N–H and O–H groups in total. The summed E-state index contributed by atoms with van der Waals surface area (Å²) in [4.78, 5) is 31.5. The lowest BCUT2D eigenvalue weighted by Gasteiger charge is -2.32. The summed E-state index contributed by atoms with van der Waals surface area (Å²) in [6.07, 6.45) is 2.09. The average molecular weight is 445 g/mol. The van der Waals surface area contributed by atoms with E-state index in [2.05, 4.69) is 29.2 Å². The van der Waals surface area contributed by atoms with E-state index in [-0.39, 0.29) is 24.9 Å². The van der Waals surface area contributed by atoms with Crippen LogP contribution in [0.3, 0.4) is 0 Å². The first-order valence-corrected chi connectivity index (χ1v) is 11.7. The molecule has 6 heteroatoms. The van der Waals surface area contributed by atoms with Crippen molar-refractivity contribution in [3.63, 3.8) is 0 Å². The van der Waals surface area contributed by atoms with Crippen molar-refractivity contribution in [2.75, 3.05) is 29.5 Å². The maximum atomic E-state index is 12.7. The van der Waals surface area contributed by atoms with Crippen molar-refractivity contribution in [2.45, 2.75) is 29.1 Å². The monoisotopic (exact) mass is 444 g/mol. The molecule has 5 rings (SSSR count). The van der Waals surface area contributed by atoms with Crippen LogP contribution in [0.2, 0.25) is 0 Å². The highest BCUT2D eigenvalue weighted by Gasteiger charge is 2.25. The van der Waals surface area contributed by atoms with Crippen LogP contribution >= 0.6 is 11.8 Å². The van der Waals surface area contributed by atoms with Crippen molar-refractivity contribution in [2.24, 2.45) is 0 Å². The molecule has 0 aliphatic carbocycles. The molecule has 0 bridgehead atoms. The number of hydrogen-bond donors (Lipinski definition) is 0. The zero-order valence-corrected chi connectivity index (χ0v) is 18.5. The zero-order chi connectivity index (χ0) is 21.9. The lowest BCUT2D eigenvalue weighted by atomic mass is 10.0. The molecule has 0 saturated carbocycles. The van der Waals surface area contributed by atoms with Gasteiger partial charge in [-0.25, -0.2) is 0 Å². The lowest BCUT2D eigenvalue weighted by Crippen LogP contribution is -2.38. The Morgan fingerprint density at radius 3 is 2.19 bits per heavy atom. The van der Waals surface area contributed by atoms with Gasteiger partial charge in [0.2, 0.25) is 0 Å². The van der Waals surface area contributed by atoms with Gasteiger partial charge in [0.25, 0.3) is 5.91 Å². The Labute approximate surface area is 192 Å². The van der Waals surface area contributed by atoms with Crippen LogP contribution in [0.4, 0.5) is 17.1 Å². The summed E-state index contributed by atoms with van der Waals surface area (Å²) in [6.45, 7) is 0.927. The summed E-state index contributed by atoms with van der Waals surface area (Å²) < 4.78 is 5.38. The van der Waals surface area contributed by atoms with Crippen molar-refractivity contribution >= 4 is 40.7 Å². The second kappa shape index (κ2) is 9.09. The molecule has 0 spiro atoms. The van der Waals surface area contributed by atoms with Gasteiger partial charge in [-0.15, -0.1) is 0 Å². The number of carbonyl (C=O) groups excluding carboxylic acids is 2. The highest BCUT2D eigenvalue weighted by Crippen LogP contribution is 2.47. The van der Waals surface area contributed by atoms with E-state index < -0.39 is 0 Å². The van der Waals surface area contributed by atoms with Crippen molar-refractivity contribution < 1.29 is 14.3 Å². The molecule has 5 nitrogen and oxygen atoms in total. The number of amides is 1. The fourth-order valence-corrected chi connectivity index (χ4v) is 5.41. The van der Waals surface area contributed by atoms with Crippen LogP contribution in [-0.4, -0.2) is 31.6 Å². The molecule has 2 aliphatic rings. The SMILES string of the molecule is O=C(CCN1c2ccccc2Sc2ccccc21)OCC(=O)N1CCCc2ccccc21. The molecule has 0 atom stereocenters. The van der Waals surface area contributed by atoms with E-state index in [1.165, 1.54) is 15.4 Å². The molecule has 3 aromatic rings. The fourth-order valence-electron chi connectivity index (χ4n) is 4.31. The van der Waals surface area contributed by atoms with Gasteiger partial charge in [-0.05, 0) is 48.7 Å². The standard InChI is InChI=1S/C26H24N2O3S/c29-25(28-16-7-9-19-8-1-2-10-20(19)28)18-31-26(30)15-17-27-21-11-3-5-13-23(21)32-24-14-6-4-12-22(24)27/h1-6,8,10-14H,7,9,15-18H2. The van der Waals surface area contributed by atoms with Crippen LogP contribution in [0.25, 0.3) is 0 Å². The van der Waals surface area contributed by atoms with E-state index >= 15 is 0 Å². The summed E-state index contributed by atoms with van der Waals surface area (Å²) in [5, 5.41) is 0. The van der Waals surface area contributed by atoms with E-state index in [1.807, 2.05) is 48.5 Å². The molecule has 162 valence electrons. The highest BCUT2D eigenvalue weighted by atomic mass is 32.2. The highest BCUT2D eigenvalue weighted by molar-refractivity contribution is 7.99. The topological polar surface area (TPSA) is 49.9 Å². The van der Waals surface area contributed by atoms with E-state index in [1.54, 1.807) is 16.7 Å². The normalized spacial score (nSPS) is 14.2. The van der Waals surface area contributed by atoms with Gasteiger partial charge in [-0.2, -0.15) is 0 Å². The number of para-hydroxylation sites is 3. The number of benzene rings is 3. The summed E-state index contributed by atoms with van der Waals surface area (Å²) in [7, 11) is 0. The third-order valence-electron chi connectivity index (χ3n) is 5.84. The Kier molecular flexibility index (Phi) is 5.86. The first-order chi connectivity index (χ1) is 15.7. The third-order valence-corrected chi connectivity index (χ3v) is 6.97. The van der Waals surface area contributed by atoms with Gasteiger partial charge in [0.15, 0.2) is 6.61 Å². The van der Waals surface area contributed by atoms with Crippen LogP contribution in [0, 0.1) is 0 Å². The number of carbonyl (C=O) groups is 2. The Bertz CT molecular complexity index is 1120. The number of aryl methyl sites for hydroxylation is 1. The molecule has 0 aromatic heterocycles. The summed E-state index contributed by atoms with van der Waals surface area (Å²) in [5.41, 5.74) is 4.27. The van der Waals surface area contributed by atoms with Crippen LogP contribution in [0.15, 0.2) is 82.6 Å². The second-order valence-corrected chi connectivity index (χ2v) is 8.96. The minimum atomic E-state index is -0.364. The number of hydrogen-bond acceptors (Lipinski definition) is 5. The number of nitrogens with zero attached hydrogens (tertiary/aromatic N) is 2. The average Bonchev–Trinajstić information content (AvgIpc) is 2.84. The molecule has 2 heterocycles. The van der Waals surface area contributed by atoms with E-state index in [0.29, 0.717) is 13.1 Å². The molecule has 1 amide bonds. The van der Waals surface area contributed by atoms with Crippen molar-refractivity contribution in [1.82, 2.24) is 0 Å². The Balaban J connectivity index is 1.22. The lowest BCUT2D eigenvalue weighted by molar-refractivity contribution is -0.147. The van der Waals surface area contributed by atoms with E-state index in [9.17, 15) is 9.59 Å². The smallest absolute Gasteiger partial charge is 0.308 e. The Morgan fingerprint density at radius 2 is 1.47 bits per heavy atom. The van der Waals surface area contributed by atoms with Gasteiger partial charge >= 0.3 is 5.97 Å². The van der Waals surface area contributed by atoms with Crippen LogP contribution in [0.1, 0.15) is 18.4 Å². The molecular formula is C26H24N2O3S. The maximum Gasteiger partial charge on any atom is 0.308 e. The molecular weight excluding hydrogens is 420 g/mol. The Morgan fingerprint density at radius 1 is 0.844 bits per heavy atom. The molecule has 0 saturated heterocycles. The van der Waals surface area contributed by atoms with Crippen LogP contribution < -0.4 is 9.80 Å². The Hall–Kier alpha value is -3.25. The van der Waals surface area contributed by atoms with Crippen LogP contribution in [0.5, 0.6) is 0 Å². The van der Waals surface area contributed by atoms with Crippen molar-refractivity contribution in [1.29, 1.82) is 0 Å². The molecule has 32 heavy (non-hydrogen) atoms. The molecule has 2 aliphatic heterocycles. The number of ether oxygens (including phenoxy) is 1. The van der Waals surface area contributed by atoms with Gasteiger partial charge in [0.05, 0.1) is 17.8 Å². The predicted molar refractivity (Wildman–Crippen MR) is 127 cm³/mol. The number of rotatable bonds is 5. The first kappa shape index (κ1) is 20.6. The summed E-state index contributed by atoms with van der Waals surface area (Å²) in [5.74, 6) is -0.535. The van der Waals surface area contributed by atoms with Gasteiger partial charge in [0, 0.05) is 28.6 Å². The first-order valence-electron chi connectivity index (χ1n) is 10.9. The molecule has 0 radical (unpaired) electrons. The number of anilines is 3. The van der Waals surface area contributed by atoms with Gasteiger partial charge in [-0.1, -0.05) is 54.2 Å². The second-order valence-electron chi connectivity index (χ2n) is 7.88. The predicted octanol–water partition coefficient (Wildman–Crippen LogP) is 5.20. The van der Waals surface area contributed by atoms with Gasteiger partial charge < -0.3 is 14.5 Å². The minimum Gasteiger partial charge on any atom is -0.455 e. The fraction of sp³-hybridized carbons (Fsp3) is 0.231. The number of esters is 1. The zero-order valence-electron chi connectivity index (χ0n) is 17.7. The molecule has 0 fully saturated rings. The van der Waals surface area contributed by atoms with E-state index in [0.717, 1.165) is 29.9 Å². The van der Waals surface area contributed by atoms with E-state index in [4.69, 9.17) is 4.74 Å². The quantitative estimate of drug-likeness (QED) is 0.506.